The number of carbonyl (C=O) groups is 1. The minimum atomic E-state index is -4.85. The first-order valence-corrected chi connectivity index (χ1v) is 11.0. The zero-order chi connectivity index (χ0) is 23.5. The summed E-state index contributed by atoms with van der Waals surface area (Å²) in [5.74, 6) is -1.64. The Hall–Kier alpha value is -2.97. The molecule has 0 heterocycles. The van der Waals surface area contributed by atoms with Gasteiger partial charge in [-0.25, -0.2) is 0 Å². The van der Waals surface area contributed by atoms with Gasteiger partial charge in [-0.2, -0.15) is 13.2 Å². The highest BCUT2D eigenvalue weighted by Crippen LogP contribution is 2.46. The molecule has 32 heavy (non-hydrogen) atoms. The molecule has 0 aliphatic rings. The third-order valence-corrected chi connectivity index (χ3v) is 6.49. The van der Waals surface area contributed by atoms with Gasteiger partial charge >= 0.3 is 12.1 Å². The van der Waals surface area contributed by atoms with Crippen molar-refractivity contribution in [3.05, 3.63) is 82.9 Å². The topological polar surface area (TPSA) is 69.6 Å². The van der Waals surface area contributed by atoms with E-state index >= 15 is 0 Å². The Morgan fingerprint density at radius 1 is 1.09 bits per heavy atom. The second kappa shape index (κ2) is 9.67. The highest BCUT2D eigenvalue weighted by Gasteiger charge is 2.40. The normalized spacial score (nSPS) is 12.4. The molecule has 1 N–H and O–H groups in total. The number of hydrogen-bond acceptors (Lipinski definition) is 3. The van der Waals surface area contributed by atoms with Crippen molar-refractivity contribution in [1.82, 2.24) is 0 Å². The fraction of sp³-hybridized carbons (Fsp3) is 0.208. The van der Waals surface area contributed by atoms with Crippen molar-refractivity contribution in [1.29, 1.82) is 0 Å². The molecule has 4 nitrogen and oxygen atoms in total. The molecule has 0 aliphatic heterocycles. The number of aliphatic carboxylic acids is 1. The van der Waals surface area contributed by atoms with Crippen molar-refractivity contribution in [3.63, 3.8) is 0 Å². The van der Waals surface area contributed by atoms with Gasteiger partial charge in [0, 0.05) is 11.1 Å². The molecule has 0 amide bonds. The van der Waals surface area contributed by atoms with Crippen LogP contribution in [0.5, 0.6) is 5.75 Å². The van der Waals surface area contributed by atoms with Gasteiger partial charge < -0.3 is 14.4 Å². The van der Waals surface area contributed by atoms with Crippen LogP contribution in [0.15, 0.2) is 65.6 Å². The Labute approximate surface area is 186 Å². The van der Waals surface area contributed by atoms with E-state index in [-0.39, 0.29) is 22.0 Å². The monoisotopic (exact) mass is 462 g/mol. The van der Waals surface area contributed by atoms with E-state index in [1.807, 2.05) is 0 Å². The van der Waals surface area contributed by atoms with Gasteiger partial charge in [0.15, 0.2) is 4.90 Å². The summed E-state index contributed by atoms with van der Waals surface area (Å²) in [5.41, 5.74) is 0.443. The van der Waals surface area contributed by atoms with Crippen molar-refractivity contribution in [2.24, 2.45) is 0 Å². The van der Waals surface area contributed by atoms with Crippen LogP contribution in [-0.2, 0) is 34.3 Å². The maximum Gasteiger partial charge on any atom is 0.417 e. The first kappa shape index (κ1) is 23.7. The van der Waals surface area contributed by atoms with Crippen LogP contribution in [-0.4, -0.2) is 22.7 Å². The lowest BCUT2D eigenvalue weighted by Crippen LogP contribution is -2.19. The van der Waals surface area contributed by atoms with E-state index in [1.165, 1.54) is 7.11 Å². The van der Waals surface area contributed by atoms with E-state index in [1.54, 1.807) is 61.5 Å². The number of rotatable bonds is 7. The highest BCUT2D eigenvalue weighted by molar-refractivity contribution is 7.90. The van der Waals surface area contributed by atoms with E-state index in [9.17, 15) is 27.6 Å². The van der Waals surface area contributed by atoms with Crippen molar-refractivity contribution in [2.75, 3.05) is 7.11 Å². The first-order chi connectivity index (χ1) is 15.1. The molecule has 0 bridgehead atoms. The molecular weight excluding hydrogens is 441 g/mol. The number of halogens is 3. The molecule has 0 aliphatic carbocycles. The lowest BCUT2D eigenvalue weighted by Gasteiger charge is -2.24. The molecule has 1 unspecified atom stereocenters. The average Bonchev–Trinajstić information content (AvgIpc) is 2.73. The lowest BCUT2D eigenvalue weighted by atomic mass is 9.93. The van der Waals surface area contributed by atoms with Crippen molar-refractivity contribution < 1.29 is 32.4 Å². The van der Waals surface area contributed by atoms with Gasteiger partial charge in [-0.3, -0.25) is 4.79 Å². The zero-order valence-electron chi connectivity index (χ0n) is 17.4. The molecule has 0 saturated carbocycles. The summed E-state index contributed by atoms with van der Waals surface area (Å²) < 4.78 is 60.7. The summed E-state index contributed by atoms with van der Waals surface area (Å²) in [6, 6.07) is 16.4. The molecule has 8 heteroatoms. The van der Waals surface area contributed by atoms with Crippen molar-refractivity contribution >= 4 is 17.1 Å². The van der Waals surface area contributed by atoms with Crippen LogP contribution in [0.3, 0.4) is 0 Å². The van der Waals surface area contributed by atoms with Crippen LogP contribution in [0, 0.1) is 6.92 Å². The largest absolute Gasteiger partial charge is 0.611 e. The van der Waals surface area contributed by atoms with Crippen LogP contribution < -0.4 is 4.74 Å². The predicted molar refractivity (Wildman–Crippen MR) is 116 cm³/mol. The number of carboxylic acid groups (broad SMARTS) is 1. The summed E-state index contributed by atoms with van der Waals surface area (Å²) in [6.45, 7) is 1.77. The smallest absolute Gasteiger partial charge is 0.417 e. The van der Waals surface area contributed by atoms with Crippen LogP contribution in [0.1, 0.15) is 22.3 Å². The lowest BCUT2D eigenvalue weighted by molar-refractivity contribution is -0.140. The maximum absolute atomic E-state index is 14.0. The molecule has 0 saturated heterocycles. The Morgan fingerprint density at radius 3 is 2.28 bits per heavy atom. The zero-order valence-corrected chi connectivity index (χ0v) is 18.2. The molecule has 3 rings (SSSR count). The number of aryl methyl sites for hydroxylation is 1. The third kappa shape index (κ3) is 5.08. The Bertz CT molecular complexity index is 1110. The summed E-state index contributed by atoms with van der Waals surface area (Å²) in [7, 11) is 1.23. The minimum absolute atomic E-state index is 0.0726. The van der Waals surface area contributed by atoms with Gasteiger partial charge in [0.1, 0.15) is 11.5 Å². The number of hydrogen-bond donors (Lipinski definition) is 1. The number of benzene rings is 3. The summed E-state index contributed by atoms with van der Waals surface area (Å²) in [4.78, 5) is 11.4. The standard InChI is InChI=1S/C24H21F3O4S/c1-15-8-6-7-11-17(15)22-20(31-2)13-19(24(25,26)27)18(12-21(28)29)23(22)32(30)14-16-9-4-3-5-10-16/h3-11,13H,12,14H2,1-2H3,(H,28,29). The number of carboxylic acids is 1. The van der Waals surface area contributed by atoms with E-state index in [2.05, 4.69) is 0 Å². The first-order valence-electron chi connectivity index (χ1n) is 9.64. The van der Waals surface area contributed by atoms with Gasteiger partial charge in [-0.15, -0.1) is 0 Å². The third-order valence-electron chi connectivity index (χ3n) is 4.98. The SMILES string of the molecule is COc1cc(C(F)(F)F)c(CC(=O)O)c([S+]([O-])Cc2ccccc2)c1-c1ccccc1C. The molecular formula is C24H21F3O4S. The summed E-state index contributed by atoms with van der Waals surface area (Å²) in [5, 5.41) is 9.40. The molecule has 0 fully saturated rings. The van der Waals surface area contributed by atoms with E-state index in [0.29, 0.717) is 11.1 Å². The van der Waals surface area contributed by atoms with E-state index in [0.717, 1.165) is 11.6 Å². The van der Waals surface area contributed by atoms with Crippen LogP contribution in [0.2, 0.25) is 0 Å². The average molecular weight is 462 g/mol. The number of ether oxygens (including phenoxy) is 1. The van der Waals surface area contributed by atoms with Gasteiger partial charge in [0.05, 0.1) is 24.7 Å². The molecule has 3 aromatic carbocycles. The molecule has 1 atom stereocenters. The summed E-state index contributed by atoms with van der Waals surface area (Å²) >= 11 is -1.98. The van der Waals surface area contributed by atoms with Gasteiger partial charge in [-0.05, 0) is 35.3 Å². The fourth-order valence-electron chi connectivity index (χ4n) is 3.57. The maximum atomic E-state index is 14.0. The second-order valence-corrected chi connectivity index (χ2v) is 8.56. The Balaban J connectivity index is 2.38. The molecule has 168 valence electrons. The Morgan fingerprint density at radius 2 is 1.72 bits per heavy atom. The Kier molecular flexibility index (Phi) is 7.16. The molecule has 0 spiro atoms. The van der Waals surface area contributed by atoms with Gasteiger partial charge in [0.2, 0.25) is 0 Å². The molecule has 0 aromatic heterocycles. The van der Waals surface area contributed by atoms with Crippen LogP contribution in [0.4, 0.5) is 13.2 Å². The fourth-order valence-corrected chi connectivity index (χ4v) is 5.11. The van der Waals surface area contributed by atoms with Gasteiger partial charge in [-0.1, -0.05) is 54.6 Å². The van der Waals surface area contributed by atoms with Crippen LogP contribution in [0.25, 0.3) is 11.1 Å². The van der Waals surface area contributed by atoms with Crippen molar-refractivity contribution in [3.8, 4) is 16.9 Å². The van der Waals surface area contributed by atoms with E-state index in [4.69, 9.17) is 4.74 Å². The van der Waals surface area contributed by atoms with Gasteiger partial charge in [0.25, 0.3) is 0 Å². The second-order valence-electron chi connectivity index (χ2n) is 7.17. The minimum Gasteiger partial charge on any atom is -0.611 e. The quantitative estimate of drug-likeness (QED) is 0.463. The van der Waals surface area contributed by atoms with Crippen LogP contribution >= 0.6 is 0 Å². The highest BCUT2D eigenvalue weighted by atomic mass is 32.2. The number of methoxy groups -OCH3 is 1. The van der Waals surface area contributed by atoms with E-state index < -0.39 is 40.9 Å². The molecule has 3 aromatic rings. The summed E-state index contributed by atoms with van der Waals surface area (Å²) in [6.07, 6.45) is -5.78. The number of alkyl halides is 3. The van der Waals surface area contributed by atoms with Crippen molar-refractivity contribution in [2.45, 2.75) is 30.2 Å². The predicted octanol–water partition coefficient (Wildman–Crippen LogP) is 5.62. The molecule has 0 radical (unpaired) electrons.